The topological polar surface area (TPSA) is 108 Å². The predicted octanol–water partition coefficient (Wildman–Crippen LogP) is 2.25. The fraction of sp³-hybridized carbons (Fsp3) is 0.407. The molecule has 2 fully saturated rings. The molecule has 1 aromatic heterocycles. The second-order valence-corrected chi connectivity index (χ2v) is 10.4. The largest absolute Gasteiger partial charge is 0.492 e. The summed E-state index contributed by atoms with van der Waals surface area (Å²) in [5.41, 5.74) is 5.96. The van der Waals surface area contributed by atoms with E-state index in [0.717, 1.165) is 54.8 Å². The summed E-state index contributed by atoms with van der Waals surface area (Å²) in [5.74, 6) is -0.00194. The van der Waals surface area contributed by atoms with Crippen molar-refractivity contribution in [2.45, 2.75) is 50.2 Å². The maximum absolute atomic E-state index is 13.2. The number of nitrogens with zero attached hydrogens (tertiary/aromatic N) is 3. The molecule has 1 atom stereocenters. The molecule has 0 bridgehead atoms. The molecule has 4 aliphatic rings. The van der Waals surface area contributed by atoms with Gasteiger partial charge in [0.1, 0.15) is 11.8 Å². The van der Waals surface area contributed by atoms with Crippen LogP contribution in [0.2, 0.25) is 0 Å². The summed E-state index contributed by atoms with van der Waals surface area (Å²) in [7, 11) is 0. The zero-order valence-electron chi connectivity index (χ0n) is 19.9. The van der Waals surface area contributed by atoms with Crippen molar-refractivity contribution in [1.29, 1.82) is 0 Å². The first kappa shape index (κ1) is 21.6. The number of aromatic nitrogens is 2. The molecule has 2 N–H and O–H groups in total. The Labute approximate surface area is 207 Å². The van der Waals surface area contributed by atoms with Crippen LogP contribution in [0.3, 0.4) is 0 Å². The third kappa shape index (κ3) is 3.19. The van der Waals surface area contributed by atoms with Gasteiger partial charge < -0.3 is 14.6 Å². The Kier molecular flexibility index (Phi) is 4.73. The molecule has 36 heavy (non-hydrogen) atoms. The van der Waals surface area contributed by atoms with Crippen molar-refractivity contribution in [2.24, 2.45) is 0 Å². The third-order valence-electron chi connectivity index (χ3n) is 8.47. The Balaban J connectivity index is 1.10. The fourth-order valence-corrected chi connectivity index (χ4v) is 6.43. The quantitative estimate of drug-likeness (QED) is 0.551. The maximum atomic E-state index is 13.2. The molecule has 0 saturated carbocycles. The summed E-state index contributed by atoms with van der Waals surface area (Å²) < 4.78 is 6.30. The molecule has 184 valence electrons. The number of hydrogen-bond acceptors (Lipinski definition) is 6. The summed E-state index contributed by atoms with van der Waals surface area (Å²) >= 11 is 0. The minimum absolute atomic E-state index is 0.0513. The van der Waals surface area contributed by atoms with Gasteiger partial charge in [0.2, 0.25) is 11.8 Å². The first-order valence-corrected chi connectivity index (χ1v) is 12.6. The Morgan fingerprint density at radius 2 is 1.97 bits per heavy atom. The van der Waals surface area contributed by atoms with Crippen molar-refractivity contribution in [3.05, 3.63) is 58.9 Å². The highest BCUT2D eigenvalue weighted by Gasteiger charge is 2.47. The number of ether oxygens (including phenoxy) is 1. The minimum Gasteiger partial charge on any atom is -0.492 e. The highest BCUT2D eigenvalue weighted by molar-refractivity contribution is 6.05. The lowest BCUT2D eigenvalue weighted by Crippen LogP contribution is -2.52. The van der Waals surface area contributed by atoms with E-state index in [0.29, 0.717) is 25.1 Å². The molecular formula is C27H27N5O4. The van der Waals surface area contributed by atoms with Crippen LogP contribution in [-0.2, 0) is 28.1 Å². The number of likely N-dealkylation sites (tertiary alicyclic amines) is 1. The van der Waals surface area contributed by atoms with E-state index in [9.17, 15) is 14.4 Å². The average molecular weight is 486 g/mol. The van der Waals surface area contributed by atoms with Crippen LogP contribution in [0.15, 0.2) is 36.7 Å². The third-order valence-corrected chi connectivity index (χ3v) is 8.47. The number of rotatable bonds is 3. The summed E-state index contributed by atoms with van der Waals surface area (Å²) in [5, 5.41) is 2.37. The molecule has 9 nitrogen and oxygen atoms in total. The first-order valence-electron chi connectivity index (χ1n) is 12.6. The highest BCUT2D eigenvalue weighted by atomic mass is 16.5. The van der Waals surface area contributed by atoms with Gasteiger partial charge >= 0.3 is 0 Å². The SMILES string of the molecule is O=C1CCC(N2Cc3c(ccc4c3OCC43CCN(Cc4cccc5[nH]cnc45)CC3)C2=O)C(=O)N1. The Bertz CT molecular complexity index is 1420. The van der Waals surface area contributed by atoms with Gasteiger partial charge in [0, 0.05) is 35.1 Å². The Morgan fingerprint density at radius 3 is 2.81 bits per heavy atom. The first-order chi connectivity index (χ1) is 17.5. The number of fused-ring (bicyclic) bond motifs is 5. The Morgan fingerprint density at radius 1 is 1.11 bits per heavy atom. The lowest BCUT2D eigenvalue weighted by atomic mass is 9.74. The molecule has 9 heteroatoms. The van der Waals surface area contributed by atoms with Crippen molar-refractivity contribution >= 4 is 28.8 Å². The van der Waals surface area contributed by atoms with E-state index in [2.05, 4.69) is 38.4 Å². The summed E-state index contributed by atoms with van der Waals surface area (Å²) in [4.78, 5) is 48.9. The number of hydrogen-bond donors (Lipinski definition) is 2. The molecule has 4 aliphatic heterocycles. The number of piperidine rings is 2. The molecule has 3 amide bonds. The lowest BCUT2D eigenvalue weighted by Gasteiger charge is -2.38. The smallest absolute Gasteiger partial charge is 0.255 e. The number of amides is 3. The number of benzene rings is 2. The van der Waals surface area contributed by atoms with Gasteiger partial charge in [0.25, 0.3) is 5.91 Å². The van der Waals surface area contributed by atoms with E-state index in [1.807, 2.05) is 12.1 Å². The van der Waals surface area contributed by atoms with E-state index in [-0.39, 0.29) is 29.6 Å². The Hall–Kier alpha value is -3.72. The highest BCUT2D eigenvalue weighted by Crippen LogP contribution is 2.49. The number of imide groups is 1. The summed E-state index contributed by atoms with van der Waals surface area (Å²) in [6.07, 6.45) is 4.33. The second kappa shape index (κ2) is 7.89. The molecule has 5 heterocycles. The van der Waals surface area contributed by atoms with Crippen molar-refractivity contribution in [1.82, 2.24) is 25.1 Å². The van der Waals surface area contributed by atoms with Crippen LogP contribution in [-0.4, -0.2) is 63.2 Å². The molecular weight excluding hydrogens is 458 g/mol. The van der Waals surface area contributed by atoms with E-state index < -0.39 is 6.04 Å². The van der Waals surface area contributed by atoms with Crippen molar-refractivity contribution in [3.63, 3.8) is 0 Å². The zero-order chi connectivity index (χ0) is 24.4. The van der Waals surface area contributed by atoms with Crippen LogP contribution in [0.4, 0.5) is 0 Å². The zero-order valence-corrected chi connectivity index (χ0v) is 19.9. The molecule has 3 aromatic rings. The normalized spacial score (nSPS) is 23.2. The fourth-order valence-electron chi connectivity index (χ4n) is 6.43. The van der Waals surface area contributed by atoms with Crippen LogP contribution in [0.1, 0.15) is 52.7 Å². The molecule has 1 unspecified atom stereocenters. The number of nitrogens with one attached hydrogen (secondary N) is 2. The molecule has 0 aliphatic carbocycles. The molecule has 2 aromatic carbocycles. The van der Waals surface area contributed by atoms with Gasteiger partial charge in [-0.25, -0.2) is 4.98 Å². The van der Waals surface area contributed by atoms with Gasteiger partial charge in [-0.15, -0.1) is 0 Å². The lowest BCUT2D eigenvalue weighted by molar-refractivity contribution is -0.136. The van der Waals surface area contributed by atoms with E-state index in [4.69, 9.17) is 4.74 Å². The number of imidazole rings is 1. The second-order valence-electron chi connectivity index (χ2n) is 10.4. The predicted molar refractivity (Wildman–Crippen MR) is 130 cm³/mol. The molecule has 1 spiro atoms. The van der Waals surface area contributed by atoms with E-state index in [1.165, 1.54) is 11.1 Å². The van der Waals surface area contributed by atoms with Gasteiger partial charge in [0.05, 0.1) is 30.5 Å². The molecule has 0 radical (unpaired) electrons. The molecule has 2 saturated heterocycles. The van der Waals surface area contributed by atoms with Crippen molar-refractivity contribution in [3.8, 4) is 5.75 Å². The van der Waals surface area contributed by atoms with Gasteiger partial charge in [0.15, 0.2) is 0 Å². The van der Waals surface area contributed by atoms with Gasteiger partial charge in [-0.1, -0.05) is 18.2 Å². The summed E-state index contributed by atoms with van der Waals surface area (Å²) in [6.45, 7) is 3.75. The number of carbonyl (C=O) groups is 3. The standard InChI is InChI=1S/C27H27N5O4/c33-22-7-6-21(25(34)30-22)32-13-18-17(26(32)35)4-5-19-24(18)36-14-27(19)8-10-31(11-9-27)12-16-2-1-3-20-23(16)29-15-28-20/h1-5,15,21H,6-14H2,(H,28,29)(H,30,33,34). The van der Waals surface area contributed by atoms with Crippen LogP contribution in [0, 0.1) is 0 Å². The van der Waals surface area contributed by atoms with Gasteiger partial charge in [-0.2, -0.15) is 0 Å². The average Bonchev–Trinajstić information content (AvgIpc) is 3.58. The minimum atomic E-state index is -0.615. The van der Waals surface area contributed by atoms with Crippen LogP contribution >= 0.6 is 0 Å². The van der Waals surface area contributed by atoms with E-state index >= 15 is 0 Å². The number of carbonyl (C=O) groups excluding carboxylic acids is 3. The van der Waals surface area contributed by atoms with Gasteiger partial charge in [-0.05, 0) is 50.0 Å². The van der Waals surface area contributed by atoms with Gasteiger partial charge in [-0.3, -0.25) is 24.6 Å². The van der Waals surface area contributed by atoms with Crippen LogP contribution in [0.5, 0.6) is 5.75 Å². The van der Waals surface area contributed by atoms with Crippen LogP contribution in [0.25, 0.3) is 11.0 Å². The van der Waals surface area contributed by atoms with Crippen molar-refractivity contribution in [2.75, 3.05) is 19.7 Å². The van der Waals surface area contributed by atoms with Crippen LogP contribution < -0.4 is 10.1 Å². The van der Waals surface area contributed by atoms with E-state index in [1.54, 1.807) is 11.2 Å². The summed E-state index contributed by atoms with van der Waals surface area (Å²) in [6, 6.07) is 9.62. The molecule has 7 rings (SSSR count). The number of aromatic amines is 1. The maximum Gasteiger partial charge on any atom is 0.255 e. The number of para-hydroxylation sites is 1. The van der Waals surface area contributed by atoms with Crippen molar-refractivity contribution < 1.29 is 19.1 Å². The monoisotopic (exact) mass is 485 g/mol. The number of H-pyrrole nitrogens is 1.